The first-order valence-corrected chi connectivity index (χ1v) is 29.6. The number of phenolic OH excluding ortho intramolecular Hbond substituents is 1. The molecule has 5 saturated heterocycles. The molecule has 12 rings (SSSR count). The van der Waals surface area contributed by atoms with Gasteiger partial charge in [-0.25, -0.2) is 14.2 Å². The van der Waals surface area contributed by atoms with Gasteiger partial charge in [0.05, 0.1) is 59.0 Å². The molecule has 0 radical (unpaired) electrons. The Hall–Kier alpha value is -7.33. The number of aromatic hydroxyl groups is 1. The fourth-order valence-electron chi connectivity index (χ4n) is 13.7. The number of thiazole rings is 1. The Morgan fingerprint density at radius 1 is 1.01 bits per heavy atom. The minimum Gasteiger partial charge on any atom is -0.508 e. The third-order valence-electron chi connectivity index (χ3n) is 17.8. The summed E-state index contributed by atoms with van der Waals surface area (Å²) in [7, 11) is 1.34. The van der Waals surface area contributed by atoms with Crippen LogP contribution in [0.15, 0.2) is 76.9 Å². The summed E-state index contributed by atoms with van der Waals surface area (Å²) in [4.78, 5) is 70.2. The lowest BCUT2D eigenvalue weighted by molar-refractivity contribution is -0.141. The number of halogens is 1. The monoisotopic (exact) mass is 1140 g/mol. The normalized spacial score (nSPS) is 23.2. The number of aryl methyl sites for hydroxylation is 2. The standard InChI is InChI=1S/C61H70FN11O8S/c1-7-36-10-8-11-39-22-43(74)24-45(51(36)39)53-52(62)54-46(26-63-53)56(70-27-40-16-17-41(28-70)66-40)68-59(67-54)80-31-61-19-9-21-73(61)49(18-20-61)72(60(78)79-6)29-42-23-48(81-69-42)50(33(2)3)58(77)71-30-44(75)25-47(71)57(76)65-34(4)37-12-14-38(15-13-37)55-35(5)64-32-82-55/h8,10-15,22-24,26,32-34,40-41,44,47,49-50,66,74-75H,7,9,16-21,25,27-31H2,1-6H3,(H,65,76)/t34-,40?,41?,44+,47-,49-,50-,61+/m0/s1. The number of aliphatic hydroxyl groups excluding tert-OH is 1. The van der Waals surface area contributed by atoms with Crippen LogP contribution in [0, 0.1) is 18.7 Å². The number of anilines is 1. The number of methoxy groups -OCH3 is 1. The summed E-state index contributed by atoms with van der Waals surface area (Å²) < 4.78 is 35.6. The Morgan fingerprint density at radius 2 is 1.80 bits per heavy atom. The number of carbonyl (C=O) groups excluding carboxylic acids is 3. The van der Waals surface area contributed by atoms with Gasteiger partial charge in [-0.15, -0.1) is 11.3 Å². The summed E-state index contributed by atoms with van der Waals surface area (Å²) in [5, 5.41) is 35.0. The molecule has 82 heavy (non-hydrogen) atoms. The number of likely N-dealkylation sites (tertiary alicyclic amines) is 1. The van der Waals surface area contributed by atoms with Gasteiger partial charge in [-0.1, -0.05) is 68.4 Å². The molecule has 8 atom stereocenters. The zero-order valence-corrected chi connectivity index (χ0v) is 47.9. The van der Waals surface area contributed by atoms with Crippen LogP contribution in [0.3, 0.4) is 0 Å². The number of phenols is 1. The Bertz CT molecular complexity index is 3550. The first-order chi connectivity index (χ1) is 39.6. The first kappa shape index (κ1) is 55.2. The third-order valence-corrected chi connectivity index (χ3v) is 18.7. The van der Waals surface area contributed by atoms with Crippen molar-refractivity contribution in [2.45, 2.75) is 140 Å². The number of pyridine rings is 1. The van der Waals surface area contributed by atoms with Gasteiger partial charge in [0.25, 0.3) is 0 Å². The van der Waals surface area contributed by atoms with Crippen molar-refractivity contribution < 1.29 is 43.0 Å². The van der Waals surface area contributed by atoms with Crippen molar-refractivity contribution in [3.8, 4) is 33.5 Å². The zero-order chi connectivity index (χ0) is 57.1. The molecule has 430 valence electrons. The van der Waals surface area contributed by atoms with E-state index >= 15 is 4.39 Å². The average Bonchev–Trinajstić information content (AvgIpc) is 4.53. The van der Waals surface area contributed by atoms with Crippen LogP contribution in [0.5, 0.6) is 11.8 Å². The predicted octanol–water partition coefficient (Wildman–Crippen LogP) is 8.79. The van der Waals surface area contributed by atoms with E-state index in [9.17, 15) is 24.6 Å². The number of benzene rings is 3. The van der Waals surface area contributed by atoms with E-state index in [0.717, 1.165) is 63.7 Å². The highest BCUT2D eigenvalue weighted by atomic mass is 32.1. The fourth-order valence-corrected chi connectivity index (χ4v) is 14.5. The van der Waals surface area contributed by atoms with E-state index in [4.69, 9.17) is 28.9 Å². The van der Waals surface area contributed by atoms with Crippen molar-refractivity contribution in [1.29, 1.82) is 0 Å². The van der Waals surface area contributed by atoms with Gasteiger partial charge in [0.1, 0.15) is 52.8 Å². The Kier molecular flexibility index (Phi) is 15.1. The van der Waals surface area contributed by atoms with Gasteiger partial charge < -0.3 is 44.6 Å². The molecule has 9 heterocycles. The number of piperazine rings is 1. The summed E-state index contributed by atoms with van der Waals surface area (Å²) in [6, 6.07) is 18.0. The van der Waals surface area contributed by atoms with Crippen LogP contribution >= 0.6 is 11.3 Å². The second kappa shape index (κ2) is 22.4. The van der Waals surface area contributed by atoms with Crippen LogP contribution in [0.1, 0.15) is 113 Å². The van der Waals surface area contributed by atoms with Crippen LogP contribution in [-0.2, 0) is 27.3 Å². The number of nitrogens with zero attached hydrogens (tertiary/aromatic N) is 9. The maximum Gasteiger partial charge on any atom is 0.411 e. The summed E-state index contributed by atoms with van der Waals surface area (Å²) in [5.41, 5.74) is 6.22. The number of ether oxygens (including phenoxy) is 2. The second-order valence-corrected chi connectivity index (χ2v) is 24.2. The number of rotatable bonds is 16. The number of aromatic nitrogens is 5. The predicted molar refractivity (Wildman–Crippen MR) is 308 cm³/mol. The smallest absolute Gasteiger partial charge is 0.411 e. The number of amides is 3. The maximum absolute atomic E-state index is 17.5. The van der Waals surface area contributed by atoms with E-state index in [1.54, 1.807) is 40.6 Å². The highest BCUT2D eigenvalue weighted by Crippen LogP contribution is 2.45. The quantitative estimate of drug-likeness (QED) is 0.0709. The maximum atomic E-state index is 17.5. The van der Waals surface area contributed by atoms with Crippen molar-refractivity contribution in [3.63, 3.8) is 0 Å². The minimum atomic E-state index is -0.913. The molecule has 5 aliphatic rings. The van der Waals surface area contributed by atoms with Crippen molar-refractivity contribution >= 4 is 56.7 Å². The summed E-state index contributed by atoms with van der Waals surface area (Å²) >= 11 is 1.57. The Morgan fingerprint density at radius 3 is 2.54 bits per heavy atom. The van der Waals surface area contributed by atoms with Gasteiger partial charge in [-0.3, -0.25) is 24.4 Å². The van der Waals surface area contributed by atoms with Gasteiger partial charge >= 0.3 is 12.1 Å². The molecule has 0 aliphatic carbocycles. The second-order valence-electron chi connectivity index (χ2n) is 23.3. The Balaban J connectivity index is 0.769. The molecule has 0 saturated carbocycles. The van der Waals surface area contributed by atoms with Crippen LogP contribution in [-0.4, -0.2) is 144 Å². The lowest BCUT2D eigenvalue weighted by Gasteiger charge is -2.38. The van der Waals surface area contributed by atoms with Gasteiger partial charge in [0.2, 0.25) is 11.8 Å². The van der Waals surface area contributed by atoms with Crippen LogP contribution in [0.4, 0.5) is 15.0 Å². The van der Waals surface area contributed by atoms with E-state index in [0.29, 0.717) is 61.4 Å². The highest BCUT2D eigenvalue weighted by molar-refractivity contribution is 7.13. The molecule has 5 fully saturated rings. The van der Waals surface area contributed by atoms with E-state index in [1.807, 2.05) is 82.6 Å². The van der Waals surface area contributed by atoms with E-state index in [2.05, 4.69) is 30.6 Å². The molecule has 5 aliphatic heterocycles. The minimum absolute atomic E-state index is 0.00330. The summed E-state index contributed by atoms with van der Waals surface area (Å²) in [6.07, 6.45) is 5.46. The number of fused-ring (bicyclic) bond motifs is 5. The number of hydrogen-bond acceptors (Lipinski definition) is 17. The average molecular weight is 1140 g/mol. The summed E-state index contributed by atoms with van der Waals surface area (Å²) in [5.74, 6) is -1.67. The molecule has 3 aromatic carbocycles. The molecule has 2 unspecified atom stereocenters. The highest BCUT2D eigenvalue weighted by Gasteiger charge is 2.53. The van der Waals surface area contributed by atoms with Crippen LogP contribution in [0.2, 0.25) is 0 Å². The molecule has 3 amide bonds. The fraction of sp³-hybridized carbons (Fsp3) is 0.475. The molecular weight excluding hydrogens is 1070 g/mol. The number of aliphatic hydroxyl groups is 1. The van der Waals surface area contributed by atoms with Gasteiger partial charge in [-0.05, 0) is 104 Å². The van der Waals surface area contributed by atoms with E-state index in [1.165, 1.54) is 12.0 Å². The van der Waals surface area contributed by atoms with Gasteiger partial charge in [0.15, 0.2) is 5.82 Å². The molecule has 7 aromatic rings. The van der Waals surface area contributed by atoms with Crippen molar-refractivity contribution in [2.24, 2.45) is 5.92 Å². The third kappa shape index (κ3) is 10.3. The van der Waals surface area contributed by atoms with Crippen LogP contribution in [0.25, 0.3) is 43.4 Å². The first-order valence-electron chi connectivity index (χ1n) is 28.7. The molecule has 19 nitrogen and oxygen atoms in total. The zero-order valence-electron chi connectivity index (χ0n) is 47.1. The molecule has 21 heteroatoms. The SMILES string of the molecule is CCc1cccc2cc(O)cc(-c3ncc4c(N5CC6CCC(C5)N6)nc(OC[C@]56CCCN5[C@H](N(Cc5cc([C@@H](C(=O)N7C[C@H](O)C[C@H]7C(=O)N[C@@H](C)c7ccc(-c8scnc8C)cc7)C(C)C)on5)C(=O)OC)CC6)nc4c3F)c12. The lowest BCUT2D eigenvalue weighted by atomic mass is 9.91. The van der Waals surface area contributed by atoms with Crippen LogP contribution < -0.4 is 20.3 Å². The number of carbonyl (C=O) groups is 3. The van der Waals surface area contributed by atoms with Gasteiger partial charge in [0, 0.05) is 62.5 Å². The molecule has 4 aromatic heterocycles. The Labute approximate surface area is 479 Å². The number of β-amino-alcohol motifs (C(OH)–C–C–N with tert-alkyl or cyclic N) is 1. The molecule has 0 spiro atoms. The topological polar surface area (TPSA) is 225 Å². The number of hydrogen-bond donors (Lipinski definition) is 4. The van der Waals surface area contributed by atoms with Crippen molar-refractivity contribution in [2.75, 3.05) is 44.8 Å². The van der Waals surface area contributed by atoms with Crippen molar-refractivity contribution in [3.05, 3.63) is 106 Å². The molecule has 2 bridgehead atoms. The lowest BCUT2D eigenvalue weighted by Crippen LogP contribution is -2.53. The molecule has 4 N–H and O–H groups in total. The molecular formula is C61H70FN11O8S. The van der Waals surface area contributed by atoms with Gasteiger partial charge in [-0.2, -0.15) is 9.97 Å². The summed E-state index contributed by atoms with van der Waals surface area (Å²) in [6.45, 7) is 11.9. The van der Waals surface area contributed by atoms with Crippen molar-refractivity contribution in [1.82, 2.24) is 50.4 Å². The van der Waals surface area contributed by atoms with E-state index < -0.39 is 41.7 Å². The number of nitrogens with one attached hydrogen (secondary N) is 2. The largest absolute Gasteiger partial charge is 0.508 e. The van der Waals surface area contributed by atoms with E-state index in [-0.39, 0.29) is 90.7 Å².